The second-order valence-electron chi connectivity index (χ2n) is 12.4. The van der Waals surface area contributed by atoms with Gasteiger partial charge in [0.15, 0.2) is 0 Å². The van der Waals surface area contributed by atoms with E-state index in [1.54, 1.807) is 11.1 Å². The van der Waals surface area contributed by atoms with Gasteiger partial charge in [0.25, 0.3) is 0 Å². The summed E-state index contributed by atoms with van der Waals surface area (Å²) in [5, 5.41) is 10.3. The Bertz CT molecular complexity index is 697. The van der Waals surface area contributed by atoms with Crippen LogP contribution in [0.3, 0.4) is 0 Å². The molecule has 30 heavy (non-hydrogen) atoms. The van der Waals surface area contributed by atoms with Gasteiger partial charge < -0.3 is 5.11 Å². The van der Waals surface area contributed by atoms with Gasteiger partial charge in [-0.15, -0.1) is 0 Å². The Labute approximate surface area is 186 Å². The first-order chi connectivity index (χ1) is 14.2. The van der Waals surface area contributed by atoms with E-state index in [2.05, 4.69) is 47.6 Å². The van der Waals surface area contributed by atoms with Crippen LogP contribution in [0.5, 0.6) is 0 Å². The molecule has 0 spiro atoms. The van der Waals surface area contributed by atoms with E-state index in [0.717, 1.165) is 36.5 Å². The smallest absolute Gasteiger partial charge is 0.0543 e. The summed E-state index contributed by atoms with van der Waals surface area (Å²) in [6.45, 7) is 14.7. The molecule has 0 radical (unpaired) electrons. The first-order valence-electron chi connectivity index (χ1n) is 13.2. The molecule has 0 aliphatic heterocycles. The molecule has 0 aromatic carbocycles. The highest BCUT2D eigenvalue weighted by Gasteiger charge is 2.58. The van der Waals surface area contributed by atoms with Crippen molar-refractivity contribution in [2.75, 3.05) is 0 Å². The van der Waals surface area contributed by atoms with Crippen molar-refractivity contribution in [3.63, 3.8) is 0 Å². The van der Waals surface area contributed by atoms with E-state index < -0.39 is 0 Å². The lowest BCUT2D eigenvalue weighted by molar-refractivity contribution is -0.0427. The summed E-state index contributed by atoms with van der Waals surface area (Å²) >= 11 is 0. The van der Waals surface area contributed by atoms with Crippen molar-refractivity contribution in [3.8, 4) is 0 Å². The highest BCUT2D eigenvalue weighted by atomic mass is 16.3. The standard InChI is InChI=1S/C29H48O/c1-7-21(19(2)3)9-8-20(4)25-12-13-26-24-11-10-22-18-23(30)14-16-28(22,5)27(24)15-17-29(25,26)6/h11,20,22-23,25-27,30H,7-10,12-18H2,1-6H3/t20-,22?,23+,25?,26?,27?,28+,29-/m1/s1. The van der Waals surface area contributed by atoms with Gasteiger partial charge in [-0.25, -0.2) is 0 Å². The summed E-state index contributed by atoms with van der Waals surface area (Å²) in [5.41, 5.74) is 6.09. The molecule has 3 fully saturated rings. The quantitative estimate of drug-likeness (QED) is 0.452. The van der Waals surface area contributed by atoms with Crippen LogP contribution in [0.25, 0.3) is 0 Å². The maximum absolute atomic E-state index is 10.3. The minimum atomic E-state index is -0.0441. The van der Waals surface area contributed by atoms with Crippen LogP contribution in [-0.4, -0.2) is 11.2 Å². The third kappa shape index (κ3) is 3.66. The maximum atomic E-state index is 10.3. The molecule has 4 aliphatic carbocycles. The molecule has 0 aromatic heterocycles. The molecule has 1 nitrogen and oxygen atoms in total. The van der Waals surface area contributed by atoms with Crippen molar-refractivity contribution in [2.45, 2.75) is 118 Å². The summed E-state index contributed by atoms with van der Waals surface area (Å²) in [7, 11) is 0. The molecule has 170 valence electrons. The Morgan fingerprint density at radius 1 is 1.07 bits per heavy atom. The molecule has 0 saturated heterocycles. The molecule has 4 aliphatic rings. The van der Waals surface area contributed by atoms with Crippen molar-refractivity contribution in [1.82, 2.24) is 0 Å². The lowest BCUT2D eigenvalue weighted by atomic mass is 9.47. The number of rotatable bonds is 5. The molecular weight excluding hydrogens is 364 g/mol. The zero-order valence-electron chi connectivity index (χ0n) is 20.8. The minimum absolute atomic E-state index is 0.0441. The van der Waals surface area contributed by atoms with Crippen molar-refractivity contribution in [3.05, 3.63) is 22.8 Å². The Morgan fingerprint density at radius 3 is 2.47 bits per heavy atom. The molecule has 0 aromatic rings. The monoisotopic (exact) mass is 412 g/mol. The molecule has 0 heterocycles. The average Bonchev–Trinajstić information content (AvgIpc) is 3.06. The molecule has 4 rings (SSSR count). The Balaban J connectivity index is 1.50. The predicted molar refractivity (Wildman–Crippen MR) is 128 cm³/mol. The highest BCUT2D eigenvalue weighted by Crippen LogP contribution is 2.67. The zero-order valence-corrected chi connectivity index (χ0v) is 20.8. The third-order valence-electron chi connectivity index (χ3n) is 10.8. The molecule has 1 heteroatoms. The van der Waals surface area contributed by atoms with Crippen molar-refractivity contribution in [1.29, 1.82) is 0 Å². The zero-order chi connectivity index (χ0) is 21.7. The van der Waals surface area contributed by atoms with Crippen LogP contribution in [0.15, 0.2) is 22.8 Å². The molecule has 3 saturated carbocycles. The van der Waals surface area contributed by atoms with E-state index >= 15 is 0 Å². The lowest BCUT2D eigenvalue weighted by Gasteiger charge is -2.57. The second-order valence-corrected chi connectivity index (χ2v) is 12.4. The molecule has 0 bridgehead atoms. The van der Waals surface area contributed by atoms with Gasteiger partial charge >= 0.3 is 0 Å². The van der Waals surface area contributed by atoms with E-state index in [0.29, 0.717) is 16.7 Å². The number of hydrogen-bond donors (Lipinski definition) is 1. The Morgan fingerprint density at radius 2 is 1.77 bits per heavy atom. The van der Waals surface area contributed by atoms with Gasteiger partial charge in [0.2, 0.25) is 0 Å². The summed E-state index contributed by atoms with van der Waals surface area (Å²) in [4.78, 5) is 0. The van der Waals surface area contributed by atoms with Crippen molar-refractivity contribution in [2.24, 2.45) is 40.4 Å². The van der Waals surface area contributed by atoms with Crippen LogP contribution in [0, 0.1) is 40.4 Å². The molecule has 4 unspecified atom stereocenters. The summed E-state index contributed by atoms with van der Waals surface area (Å²) < 4.78 is 0. The number of aliphatic hydroxyl groups excluding tert-OH is 1. The maximum Gasteiger partial charge on any atom is 0.0543 e. The highest BCUT2D eigenvalue weighted by molar-refractivity contribution is 5.27. The topological polar surface area (TPSA) is 20.2 Å². The fourth-order valence-electron chi connectivity index (χ4n) is 8.85. The predicted octanol–water partition coefficient (Wildman–Crippen LogP) is 8.09. The number of fused-ring (bicyclic) bond motifs is 5. The van der Waals surface area contributed by atoms with E-state index in [9.17, 15) is 5.11 Å². The lowest BCUT2D eigenvalue weighted by Crippen LogP contribution is -2.49. The number of allylic oxidation sites excluding steroid dienone is 4. The Kier molecular flexibility index (Phi) is 6.35. The first-order valence-corrected chi connectivity index (χ1v) is 13.2. The third-order valence-corrected chi connectivity index (χ3v) is 10.8. The first kappa shape index (κ1) is 22.6. The number of hydrogen-bond acceptors (Lipinski definition) is 1. The fraction of sp³-hybridized carbons (Fsp3) is 0.862. The minimum Gasteiger partial charge on any atom is -0.393 e. The summed E-state index contributed by atoms with van der Waals surface area (Å²) in [6, 6.07) is 0. The van der Waals surface area contributed by atoms with Gasteiger partial charge in [-0.2, -0.15) is 0 Å². The van der Waals surface area contributed by atoms with Crippen LogP contribution in [-0.2, 0) is 0 Å². The molecular formula is C29H48O. The van der Waals surface area contributed by atoms with E-state index in [4.69, 9.17) is 0 Å². The van der Waals surface area contributed by atoms with Crippen LogP contribution in [0.1, 0.15) is 112 Å². The fourth-order valence-corrected chi connectivity index (χ4v) is 8.85. The van der Waals surface area contributed by atoms with Gasteiger partial charge in [0.05, 0.1) is 6.10 Å². The van der Waals surface area contributed by atoms with Gasteiger partial charge in [-0.05, 0) is 125 Å². The normalized spacial score (nSPS) is 43.8. The van der Waals surface area contributed by atoms with Gasteiger partial charge in [-0.1, -0.05) is 50.5 Å². The molecule has 0 amide bonds. The van der Waals surface area contributed by atoms with E-state index in [-0.39, 0.29) is 6.10 Å². The van der Waals surface area contributed by atoms with Crippen molar-refractivity contribution >= 4 is 0 Å². The van der Waals surface area contributed by atoms with Crippen LogP contribution < -0.4 is 0 Å². The van der Waals surface area contributed by atoms with Gasteiger partial charge in [0, 0.05) is 0 Å². The van der Waals surface area contributed by atoms with E-state index in [1.165, 1.54) is 57.8 Å². The largest absolute Gasteiger partial charge is 0.393 e. The van der Waals surface area contributed by atoms with Crippen molar-refractivity contribution < 1.29 is 5.11 Å². The van der Waals surface area contributed by atoms with Crippen LogP contribution in [0.4, 0.5) is 0 Å². The Hall–Kier alpha value is -0.560. The molecule has 1 N–H and O–H groups in total. The second kappa shape index (κ2) is 8.42. The van der Waals surface area contributed by atoms with Crippen LogP contribution in [0.2, 0.25) is 0 Å². The van der Waals surface area contributed by atoms with E-state index in [1.807, 2.05) is 5.57 Å². The number of aliphatic hydroxyl groups is 1. The van der Waals surface area contributed by atoms with Crippen LogP contribution >= 0.6 is 0 Å². The average molecular weight is 413 g/mol. The van der Waals surface area contributed by atoms with Gasteiger partial charge in [0.1, 0.15) is 0 Å². The molecule has 8 atom stereocenters. The summed E-state index contributed by atoms with van der Waals surface area (Å²) in [6.07, 6.45) is 16.8. The van der Waals surface area contributed by atoms with Gasteiger partial charge in [-0.3, -0.25) is 0 Å². The SMILES string of the molecule is CCC(CC[C@@H](C)C1CCC2C3=CCC4C[C@@H](O)CC[C@]4(C)C3CC[C@@]21C)=C(C)C. The summed E-state index contributed by atoms with van der Waals surface area (Å²) in [5.74, 6) is 4.09.